The Kier molecular flexibility index (Phi) is 3.76. The summed E-state index contributed by atoms with van der Waals surface area (Å²) in [4.78, 5) is 31.8. The fourth-order valence-electron chi connectivity index (χ4n) is 1.21. The summed E-state index contributed by atoms with van der Waals surface area (Å²) in [6.45, 7) is 2.37. The second-order valence-electron chi connectivity index (χ2n) is 3.19. The molecule has 90 valence electrons. The molecule has 0 aliphatic heterocycles. The van der Waals surface area contributed by atoms with Gasteiger partial charge in [-0.05, 0) is 6.07 Å². The van der Waals surface area contributed by atoms with E-state index in [4.69, 9.17) is 4.74 Å². The molecule has 0 bridgehead atoms. The van der Waals surface area contributed by atoms with E-state index in [1.54, 1.807) is 0 Å². The molecule has 0 unspecified atom stereocenters. The van der Waals surface area contributed by atoms with Crippen LogP contribution in [0, 0.1) is 10.1 Å². The molecular formula is C10H10N2O5. The number of ether oxygens (including phenoxy) is 1. The van der Waals surface area contributed by atoms with Crippen molar-refractivity contribution in [3.63, 3.8) is 0 Å². The van der Waals surface area contributed by atoms with Gasteiger partial charge in [-0.25, -0.2) is 0 Å². The minimum atomic E-state index is -0.703. The standard InChI is InChI=1S/C10H10N2O5/c1-6(13)11-8-4-3-5-9(12(15)16)10(8)17-7(2)14/h3-5H,1-2H3,(H,11,13). The van der Waals surface area contributed by atoms with Crippen LogP contribution >= 0.6 is 0 Å². The maximum absolute atomic E-state index is 10.9. The molecule has 0 spiro atoms. The van der Waals surface area contributed by atoms with Gasteiger partial charge in [-0.2, -0.15) is 0 Å². The van der Waals surface area contributed by atoms with E-state index >= 15 is 0 Å². The van der Waals surface area contributed by atoms with Crippen molar-refractivity contribution in [3.05, 3.63) is 28.3 Å². The van der Waals surface area contributed by atoms with Crippen LogP contribution in [0.3, 0.4) is 0 Å². The van der Waals surface area contributed by atoms with Crippen molar-refractivity contribution in [2.45, 2.75) is 13.8 Å². The topological polar surface area (TPSA) is 98.5 Å². The Bertz CT molecular complexity index is 484. The maximum Gasteiger partial charge on any atom is 0.313 e. The zero-order valence-corrected chi connectivity index (χ0v) is 9.22. The zero-order chi connectivity index (χ0) is 13.0. The summed E-state index contributed by atoms with van der Waals surface area (Å²) in [5.41, 5.74) is -0.298. The summed E-state index contributed by atoms with van der Waals surface area (Å²) in [6.07, 6.45) is 0. The number of carbonyl (C=O) groups is 2. The Morgan fingerprint density at radius 1 is 1.35 bits per heavy atom. The largest absolute Gasteiger partial charge is 0.417 e. The molecule has 0 saturated heterocycles. The number of amides is 1. The summed E-state index contributed by atoms with van der Waals surface area (Å²) in [5.74, 6) is -1.38. The molecule has 1 amide bonds. The Labute approximate surface area is 96.5 Å². The maximum atomic E-state index is 10.9. The minimum absolute atomic E-state index is 0.0851. The van der Waals surface area contributed by atoms with E-state index in [0.717, 1.165) is 6.92 Å². The number of nitrogens with zero attached hydrogens (tertiary/aromatic N) is 1. The third kappa shape index (κ3) is 3.26. The molecule has 1 N–H and O–H groups in total. The summed E-state index contributed by atoms with van der Waals surface area (Å²) in [7, 11) is 0. The van der Waals surface area contributed by atoms with Crippen LogP contribution in [-0.2, 0) is 9.59 Å². The molecule has 7 heteroatoms. The van der Waals surface area contributed by atoms with E-state index in [9.17, 15) is 19.7 Å². The van der Waals surface area contributed by atoms with Crippen molar-refractivity contribution < 1.29 is 19.2 Å². The zero-order valence-electron chi connectivity index (χ0n) is 9.22. The molecule has 0 fully saturated rings. The third-order valence-electron chi connectivity index (χ3n) is 1.75. The summed E-state index contributed by atoms with van der Waals surface area (Å²) in [5, 5.41) is 13.1. The highest BCUT2D eigenvalue weighted by atomic mass is 16.6. The summed E-state index contributed by atoms with van der Waals surface area (Å²) in [6, 6.07) is 3.98. The van der Waals surface area contributed by atoms with Gasteiger partial charge in [-0.3, -0.25) is 19.7 Å². The lowest BCUT2D eigenvalue weighted by atomic mass is 10.2. The SMILES string of the molecule is CC(=O)Nc1cccc([N+](=O)[O-])c1OC(C)=O. The predicted molar refractivity (Wildman–Crippen MR) is 58.7 cm³/mol. The average molecular weight is 238 g/mol. The molecule has 1 aromatic carbocycles. The Morgan fingerprint density at radius 3 is 2.47 bits per heavy atom. The van der Waals surface area contributed by atoms with Crippen LogP contribution in [0.25, 0.3) is 0 Å². The summed E-state index contributed by atoms with van der Waals surface area (Å²) >= 11 is 0. The molecule has 7 nitrogen and oxygen atoms in total. The van der Waals surface area contributed by atoms with Gasteiger partial charge in [0.15, 0.2) is 0 Å². The van der Waals surface area contributed by atoms with Crippen molar-refractivity contribution in [2.75, 3.05) is 5.32 Å². The van der Waals surface area contributed by atoms with Crippen LogP contribution in [-0.4, -0.2) is 16.8 Å². The van der Waals surface area contributed by atoms with Gasteiger partial charge in [0.2, 0.25) is 11.7 Å². The van der Waals surface area contributed by atoms with E-state index in [1.165, 1.54) is 25.1 Å². The molecular weight excluding hydrogens is 228 g/mol. The fourth-order valence-corrected chi connectivity index (χ4v) is 1.21. The monoisotopic (exact) mass is 238 g/mol. The first kappa shape index (κ1) is 12.6. The van der Waals surface area contributed by atoms with Crippen molar-refractivity contribution in [2.24, 2.45) is 0 Å². The lowest BCUT2D eigenvalue weighted by Gasteiger charge is -2.09. The molecule has 1 rings (SSSR count). The van der Waals surface area contributed by atoms with Crippen LogP contribution in [0.15, 0.2) is 18.2 Å². The average Bonchev–Trinajstić information content (AvgIpc) is 2.18. The normalized spacial score (nSPS) is 9.53. The summed E-state index contributed by atoms with van der Waals surface area (Å²) < 4.78 is 4.74. The van der Waals surface area contributed by atoms with E-state index in [0.29, 0.717) is 0 Å². The molecule has 0 atom stereocenters. The van der Waals surface area contributed by atoms with Gasteiger partial charge in [-0.1, -0.05) is 6.07 Å². The molecule has 0 aliphatic carbocycles. The smallest absolute Gasteiger partial charge is 0.313 e. The van der Waals surface area contributed by atoms with Gasteiger partial charge >= 0.3 is 11.7 Å². The molecule has 0 saturated carbocycles. The van der Waals surface area contributed by atoms with E-state index < -0.39 is 16.8 Å². The van der Waals surface area contributed by atoms with E-state index in [1.807, 2.05) is 0 Å². The Balaban J connectivity index is 3.28. The van der Waals surface area contributed by atoms with Gasteiger partial charge in [0, 0.05) is 19.9 Å². The van der Waals surface area contributed by atoms with Crippen molar-refractivity contribution in [1.82, 2.24) is 0 Å². The number of nitro groups is 1. The van der Waals surface area contributed by atoms with Gasteiger partial charge in [0.1, 0.15) is 0 Å². The molecule has 0 aliphatic rings. The number of hydrogen-bond donors (Lipinski definition) is 1. The van der Waals surface area contributed by atoms with Crippen LogP contribution < -0.4 is 10.1 Å². The highest BCUT2D eigenvalue weighted by Crippen LogP contribution is 2.34. The van der Waals surface area contributed by atoms with Crippen LogP contribution in [0.1, 0.15) is 13.8 Å². The number of rotatable bonds is 3. The minimum Gasteiger partial charge on any atom is -0.417 e. The quantitative estimate of drug-likeness (QED) is 0.372. The van der Waals surface area contributed by atoms with Gasteiger partial charge in [-0.15, -0.1) is 0 Å². The third-order valence-corrected chi connectivity index (χ3v) is 1.75. The van der Waals surface area contributed by atoms with Crippen molar-refractivity contribution in [3.8, 4) is 5.75 Å². The van der Waals surface area contributed by atoms with Crippen LogP contribution in [0.4, 0.5) is 11.4 Å². The molecule has 17 heavy (non-hydrogen) atoms. The first-order valence-corrected chi connectivity index (χ1v) is 4.65. The highest BCUT2D eigenvalue weighted by Gasteiger charge is 2.21. The Morgan fingerprint density at radius 2 is 2.00 bits per heavy atom. The number of anilines is 1. The van der Waals surface area contributed by atoms with Crippen molar-refractivity contribution >= 4 is 23.3 Å². The number of hydrogen-bond acceptors (Lipinski definition) is 5. The molecule has 1 aromatic rings. The van der Waals surface area contributed by atoms with E-state index in [-0.39, 0.29) is 17.1 Å². The number of esters is 1. The second kappa shape index (κ2) is 5.06. The van der Waals surface area contributed by atoms with Crippen LogP contribution in [0.5, 0.6) is 5.75 Å². The lowest BCUT2D eigenvalue weighted by molar-refractivity contribution is -0.385. The fraction of sp³-hybridized carbons (Fsp3) is 0.200. The van der Waals surface area contributed by atoms with Gasteiger partial charge in [0.25, 0.3) is 0 Å². The van der Waals surface area contributed by atoms with Gasteiger partial charge in [0.05, 0.1) is 10.6 Å². The molecule has 0 aromatic heterocycles. The number of benzene rings is 1. The number of nitro benzene ring substituents is 1. The molecule has 0 radical (unpaired) electrons. The highest BCUT2D eigenvalue weighted by molar-refractivity contribution is 5.92. The Hall–Kier alpha value is -2.44. The van der Waals surface area contributed by atoms with Crippen molar-refractivity contribution in [1.29, 1.82) is 0 Å². The number of para-hydroxylation sites is 1. The second-order valence-corrected chi connectivity index (χ2v) is 3.19. The first-order valence-electron chi connectivity index (χ1n) is 4.65. The molecule has 0 heterocycles. The number of nitrogens with one attached hydrogen (secondary N) is 1. The predicted octanol–water partition coefficient (Wildman–Crippen LogP) is 1.48. The van der Waals surface area contributed by atoms with E-state index in [2.05, 4.69) is 5.32 Å². The number of carbonyl (C=O) groups excluding carboxylic acids is 2. The lowest BCUT2D eigenvalue weighted by Crippen LogP contribution is -2.11. The van der Waals surface area contributed by atoms with Gasteiger partial charge < -0.3 is 10.1 Å². The van der Waals surface area contributed by atoms with Crippen LogP contribution in [0.2, 0.25) is 0 Å². The first-order chi connectivity index (χ1) is 7.91.